The first-order valence-electron chi connectivity index (χ1n) is 11.4. The molecular weight excluding hydrogens is 418 g/mol. The number of phenols is 1. The minimum absolute atomic E-state index is 0.0152. The van der Waals surface area contributed by atoms with Crippen molar-refractivity contribution in [1.82, 2.24) is 4.90 Å². The van der Waals surface area contributed by atoms with Gasteiger partial charge in [-0.3, -0.25) is 9.69 Å². The van der Waals surface area contributed by atoms with Crippen LogP contribution in [0.1, 0.15) is 53.0 Å². The van der Waals surface area contributed by atoms with E-state index in [1.54, 1.807) is 29.0 Å². The second-order valence-corrected chi connectivity index (χ2v) is 8.91. The summed E-state index contributed by atoms with van der Waals surface area (Å²) in [6.45, 7) is 11.6. The van der Waals surface area contributed by atoms with Crippen molar-refractivity contribution in [2.24, 2.45) is 0 Å². The van der Waals surface area contributed by atoms with Gasteiger partial charge in [0.15, 0.2) is 0 Å². The van der Waals surface area contributed by atoms with E-state index in [4.69, 9.17) is 4.74 Å². The summed E-state index contributed by atoms with van der Waals surface area (Å²) in [6, 6.07) is 12.3. The number of benzene rings is 2. The van der Waals surface area contributed by atoms with E-state index >= 15 is 0 Å². The summed E-state index contributed by atoms with van der Waals surface area (Å²) in [7, 11) is 1.55. The van der Waals surface area contributed by atoms with Crippen molar-refractivity contribution in [2.45, 2.75) is 52.9 Å². The molecule has 0 aliphatic heterocycles. The molecule has 0 atom stereocenters. The van der Waals surface area contributed by atoms with Crippen LogP contribution in [0, 0.1) is 0 Å². The number of hydrogen-bond donors (Lipinski definition) is 2. The molecule has 0 bridgehead atoms. The molecule has 0 aromatic heterocycles. The number of ether oxygens (including phenoxy) is 1. The Morgan fingerprint density at radius 1 is 1.06 bits per heavy atom. The van der Waals surface area contributed by atoms with Crippen LogP contribution < -0.4 is 15.0 Å². The standard InChI is InChI=1S/C26H37N3O4/c1-7-28(8-2)23(30)15-12-16-29(19-13-10-9-11-14-19)25(32)27-22-18-20(33-6)17-21(24(22)31)26(3,4)5/h9-11,13-14,17-18,31H,7-8,12,15-16H2,1-6H3,(H,27,32). The number of para-hydroxylation sites is 1. The van der Waals surface area contributed by atoms with E-state index in [1.165, 1.54) is 0 Å². The molecule has 180 valence electrons. The minimum Gasteiger partial charge on any atom is -0.505 e. The first-order chi connectivity index (χ1) is 15.6. The molecule has 0 spiro atoms. The van der Waals surface area contributed by atoms with Crippen molar-refractivity contribution in [3.8, 4) is 11.5 Å². The van der Waals surface area contributed by atoms with Gasteiger partial charge in [0.05, 0.1) is 12.8 Å². The van der Waals surface area contributed by atoms with E-state index in [1.807, 2.05) is 65.0 Å². The van der Waals surface area contributed by atoms with Crippen molar-refractivity contribution in [2.75, 3.05) is 37.0 Å². The van der Waals surface area contributed by atoms with E-state index in [2.05, 4.69) is 5.32 Å². The van der Waals surface area contributed by atoms with Gasteiger partial charge < -0.3 is 20.1 Å². The van der Waals surface area contributed by atoms with Gasteiger partial charge in [-0.2, -0.15) is 0 Å². The zero-order valence-corrected chi connectivity index (χ0v) is 20.6. The van der Waals surface area contributed by atoms with Crippen LogP contribution >= 0.6 is 0 Å². The maximum Gasteiger partial charge on any atom is 0.326 e. The maximum atomic E-state index is 13.3. The van der Waals surface area contributed by atoms with E-state index < -0.39 is 0 Å². The zero-order chi connectivity index (χ0) is 24.6. The van der Waals surface area contributed by atoms with Crippen LogP contribution in [0.4, 0.5) is 16.2 Å². The fourth-order valence-electron chi connectivity index (χ4n) is 3.65. The molecule has 0 saturated carbocycles. The van der Waals surface area contributed by atoms with Gasteiger partial charge in [-0.05, 0) is 43.9 Å². The second-order valence-electron chi connectivity index (χ2n) is 8.91. The van der Waals surface area contributed by atoms with Crippen LogP contribution in [-0.4, -0.2) is 48.7 Å². The van der Waals surface area contributed by atoms with Crippen LogP contribution in [0.3, 0.4) is 0 Å². The van der Waals surface area contributed by atoms with Crippen LogP contribution in [-0.2, 0) is 10.2 Å². The van der Waals surface area contributed by atoms with Crippen molar-refractivity contribution in [1.29, 1.82) is 0 Å². The average Bonchev–Trinajstić information content (AvgIpc) is 2.78. The van der Waals surface area contributed by atoms with Crippen LogP contribution in [0.2, 0.25) is 0 Å². The smallest absolute Gasteiger partial charge is 0.326 e. The molecule has 2 rings (SSSR count). The summed E-state index contributed by atoms with van der Waals surface area (Å²) in [5, 5.41) is 13.7. The molecule has 0 fully saturated rings. The summed E-state index contributed by atoms with van der Waals surface area (Å²) in [6.07, 6.45) is 0.881. The Hall–Kier alpha value is -3.22. The third-order valence-corrected chi connectivity index (χ3v) is 5.57. The van der Waals surface area contributed by atoms with Crippen molar-refractivity contribution >= 4 is 23.3 Å². The molecule has 0 unspecified atom stereocenters. The summed E-state index contributed by atoms with van der Waals surface area (Å²) in [5.41, 5.74) is 1.32. The first-order valence-corrected chi connectivity index (χ1v) is 11.4. The lowest BCUT2D eigenvalue weighted by Gasteiger charge is -2.26. The van der Waals surface area contributed by atoms with Crippen LogP contribution in [0.5, 0.6) is 11.5 Å². The molecule has 0 aliphatic rings. The first kappa shape index (κ1) is 26.0. The zero-order valence-electron chi connectivity index (χ0n) is 20.6. The van der Waals surface area contributed by atoms with E-state index in [0.717, 1.165) is 0 Å². The highest BCUT2D eigenvalue weighted by Gasteiger charge is 2.24. The van der Waals surface area contributed by atoms with Gasteiger partial charge in [0, 0.05) is 43.4 Å². The minimum atomic E-state index is -0.389. The third kappa shape index (κ3) is 6.88. The fraction of sp³-hybridized carbons (Fsp3) is 0.462. The summed E-state index contributed by atoms with van der Waals surface area (Å²) in [5.74, 6) is 0.638. The van der Waals surface area contributed by atoms with Gasteiger partial charge in [-0.1, -0.05) is 39.0 Å². The average molecular weight is 456 g/mol. The maximum absolute atomic E-state index is 13.3. The predicted octanol–water partition coefficient (Wildman–Crippen LogP) is 5.39. The number of amides is 3. The number of nitrogens with one attached hydrogen (secondary N) is 1. The molecule has 0 aliphatic carbocycles. The van der Waals surface area contributed by atoms with Crippen LogP contribution in [0.25, 0.3) is 0 Å². The Kier molecular flexibility index (Phi) is 9.14. The molecular formula is C26H37N3O4. The Bertz CT molecular complexity index is 935. The number of carbonyl (C=O) groups is 2. The highest BCUT2D eigenvalue weighted by Crippen LogP contribution is 2.39. The largest absolute Gasteiger partial charge is 0.505 e. The number of anilines is 2. The lowest BCUT2D eigenvalue weighted by molar-refractivity contribution is -0.130. The van der Waals surface area contributed by atoms with Gasteiger partial charge in [-0.15, -0.1) is 0 Å². The number of carbonyl (C=O) groups excluding carboxylic acids is 2. The van der Waals surface area contributed by atoms with Gasteiger partial charge in [-0.25, -0.2) is 4.79 Å². The Balaban J connectivity index is 2.27. The number of nitrogens with zero attached hydrogens (tertiary/aromatic N) is 2. The number of phenolic OH excluding ortho intramolecular Hbond substituents is 1. The van der Waals surface area contributed by atoms with Gasteiger partial charge in [0.2, 0.25) is 5.91 Å². The third-order valence-electron chi connectivity index (χ3n) is 5.57. The van der Waals surface area contributed by atoms with Crippen molar-refractivity contribution < 1.29 is 19.4 Å². The summed E-state index contributed by atoms with van der Waals surface area (Å²) < 4.78 is 5.39. The monoisotopic (exact) mass is 455 g/mol. The molecule has 7 heteroatoms. The molecule has 2 aromatic carbocycles. The number of rotatable bonds is 9. The number of aromatic hydroxyl groups is 1. The highest BCUT2D eigenvalue weighted by atomic mass is 16.5. The molecule has 0 heterocycles. The summed E-state index contributed by atoms with van der Waals surface area (Å²) in [4.78, 5) is 29.1. The lowest BCUT2D eigenvalue weighted by Crippen LogP contribution is -2.37. The van der Waals surface area contributed by atoms with Crippen molar-refractivity contribution in [3.05, 3.63) is 48.0 Å². The molecule has 3 amide bonds. The predicted molar refractivity (Wildman–Crippen MR) is 133 cm³/mol. The summed E-state index contributed by atoms with van der Waals surface area (Å²) >= 11 is 0. The molecule has 2 aromatic rings. The Labute approximate surface area is 197 Å². The van der Waals surface area contributed by atoms with Gasteiger partial charge in [0.25, 0.3) is 0 Å². The van der Waals surface area contributed by atoms with Crippen LogP contribution in [0.15, 0.2) is 42.5 Å². The fourth-order valence-corrected chi connectivity index (χ4v) is 3.65. The van der Waals surface area contributed by atoms with E-state index in [-0.39, 0.29) is 28.8 Å². The van der Waals surface area contributed by atoms with Gasteiger partial charge in [0.1, 0.15) is 11.5 Å². The van der Waals surface area contributed by atoms with E-state index in [0.29, 0.717) is 49.5 Å². The van der Waals surface area contributed by atoms with Gasteiger partial charge >= 0.3 is 6.03 Å². The van der Waals surface area contributed by atoms with Crippen molar-refractivity contribution in [3.63, 3.8) is 0 Å². The highest BCUT2D eigenvalue weighted by molar-refractivity contribution is 6.02. The molecule has 0 radical (unpaired) electrons. The Morgan fingerprint density at radius 3 is 2.24 bits per heavy atom. The van der Waals surface area contributed by atoms with E-state index in [9.17, 15) is 14.7 Å². The molecule has 7 nitrogen and oxygen atoms in total. The second kappa shape index (κ2) is 11.6. The molecule has 33 heavy (non-hydrogen) atoms. The topological polar surface area (TPSA) is 82.1 Å². The molecule has 2 N–H and O–H groups in total. The Morgan fingerprint density at radius 2 is 1.70 bits per heavy atom. The quantitative estimate of drug-likeness (QED) is 0.497. The number of hydrogen-bond acceptors (Lipinski definition) is 4. The SMILES string of the molecule is CCN(CC)C(=O)CCCN(C(=O)Nc1cc(OC)cc(C(C)(C)C)c1O)c1ccccc1. The lowest BCUT2D eigenvalue weighted by atomic mass is 9.85. The molecule has 0 saturated heterocycles. The number of methoxy groups -OCH3 is 1. The number of urea groups is 1. The normalized spacial score (nSPS) is 11.1.